The normalized spacial score (nSPS) is 15.0. The molecule has 8 nitrogen and oxygen atoms in total. The van der Waals surface area contributed by atoms with Crippen LogP contribution < -0.4 is 14.9 Å². The Labute approximate surface area is 245 Å². The van der Waals surface area contributed by atoms with Crippen LogP contribution in [0.25, 0.3) is 17.4 Å². The van der Waals surface area contributed by atoms with Gasteiger partial charge in [-0.3, -0.25) is 14.2 Å². The van der Waals surface area contributed by atoms with Crippen LogP contribution in [0.3, 0.4) is 0 Å². The molecule has 1 aliphatic heterocycles. The summed E-state index contributed by atoms with van der Waals surface area (Å²) in [6.45, 7) is 8.52. The van der Waals surface area contributed by atoms with Crippen LogP contribution in [0.5, 0.6) is 0 Å². The molecule has 1 N–H and O–H groups in total. The van der Waals surface area contributed by atoms with Gasteiger partial charge < -0.3 is 14.4 Å². The third-order valence-corrected chi connectivity index (χ3v) is 8.36. The van der Waals surface area contributed by atoms with E-state index in [2.05, 4.69) is 0 Å². The van der Waals surface area contributed by atoms with E-state index in [0.717, 1.165) is 16.7 Å². The largest absolute Gasteiger partial charge is 0.478 e. The van der Waals surface area contributed by atoms with Crippen LogP contribution in [0.4, 0.5) is 0 Å². The fourth-order valence-electron chi connectivity index (χ4n) is 5.01. The Morgan fingerprint density at radius 2 is 1.80 bits per heavy atom. The lowest BCUT2D eigenvalue weighted by Gasteiger charge is -2.29. The summed E-state index contributed by atoms with van der Waals surface area (Å²) in [5, 5.41) is 9.81. The number of benzene rings is 2. The molecule has 4 aromatic rings. The van der Waals surface area contributed by atoms with Gasteiger partial charge in [0.15, 0.2) is 4.80 Å². The van der Waals surface area contributed by atoms with Gasteiger partial charge in [0.25, 0.3) is 11.5 Å². The highest BCUT2D eigenvalue weighted by atomic mass is 35.5. The number of carbonyl (C=O) groups excluding carboxylic acids is 1. The van der Waals surface area contributed by atoms with E-state index in [1.54, 1.807) is 58.9 Å². The first-order chi connectivity index (χ1) is 19.6. The molecule has 0 saturated heterocycles. The minimum Gasteiger partial charge on any atom is -0.478 e. The zero-order valence-corrected chi connectivity index (χ0v) is 24.5. The van der Waals surface area contributed by atoms with E-state index >= 15 is 0 Å². The van der Waals surface area contributed by atoms with Crippen molar-refractivity contribution < 1.29 is 19.1 Å². The molecule has 0 unspecified atom stereocenters. The Kier molecular flexibility index (Phi) is 7.84. The maximum Gasteiger partial charge on any atom is 0.335 e. The Morgan fingerprint density at radius 1 is 1.10 bits per heavy atom. The molecule has 0 saturated carbocycles. The van der Waals surface area contributed by atoms with Gasteiger partial charge in [-0.05, 0) is 75.2 Å². The van der Waals surface area contributed by atoms with E-state index in [9.17, 15) is 19.5 Å². The van der Waals surface area contributed by atoms with Crippen molar-refractivity contribution >= 4 is 40.9 Å². The smallest absolute Gasteiger partial charge is 0.335 e. The molecular formula is C31H28ClN3O5S. The van der Waals surface area contributed by atoms with Crippen molar-refractivity contribution in [2.24, 2.45) is 4.99 Å². The predicted octanol–water partition coefficient (Wildman–Crippen LogP) is 5.02. The van der Waals surface area contributed by atoms with Gasteiger partial charge in [-0.25, -0.2) is 9.79 Å². The average molecular weight is 590 g/mol. The third kappa shape index (κ3) is 5.30. The quantitative estimate of drug-likeness (QED) is 0.326. The van der Waals surface area contributed by atoms with Gasteiger partial charge in [0.2, 0.25) is 0 Å². The van der Waals surface area contributed by atoms with Gasteiger partial charge in [0, 0.05) is 29.8 Å². The van der Waals surface area contributed by atoms with Crippen LogP contribution in [0.1, 0.15) is 54.1 Å². The number of thiazole rings is 1. The van der Waals surface area contributed by atoms with E-state index in [0.29, 0.717) is 50.2 Å². The first-order valence-corrected chi connectivity index (χ1v) is 14.3. The molecule has 0 spiro atoms. The molecule has 1 atom stereocenters. The highest BCUT2D eigenvalue weighted by molar-refractivity contribution is 7.07. The number of fused-ring (bicyclic) bond motifs is 1. The summed E-state index contributed by atoms with van der Waals surface area (Å²) in [5.41, 5.74) is 3.20. The summed E-state index contributed by atoms with van der Waals surface area (Å²) in [5.74, 6) is -0.139. The van der Waals surface area contributed by atoms with Gasteiger partial charge in [-0.15, -0.1) is 0 Å². The van der Waals surface area contributed by atoms with Crippen LogP contribution in [-0.4, -0.2) is 39.5 Å². The van der Waals surface area contributed by atoms with E-state index in [1.165, 1.54) is 17.4 Å². The number of furan rings is 1. The Hall–Kier alpha value is -4.21. The number of carboxylic acid groups (broad SMARTS) is 1. The van der Waals surface area contributed by atoms with Crippen molar-refractivity contribution in [3.63, 3.8) is 0 Å². The highest BCUT2D eigenvalue weighted by Crippen LogP contribution is 2.32. The maximum absolute atomic E-state index is 13.9. The van der Waals surface area contributed by atoms with E-state index in [4.69, 9.17) is 21.0 Å². The van der Waals surface area contributed by atoms with Gasteiger partial charge in [0.05, 0.1) is 27.4 Å². The lowest BCUT2D eigenvalue weighted by atomic mass is 9.94. The average Bonchev–Trinajstić information content (AvgIpc) is 3.53. The van der Waals surface area contributed by atoms with E-state index in [1.807, 2.05) is 32.9 Å². The van der Waals surface area contributed by atoms with Crippen molar-refractivity contribution in [2.75, 3.05) is 13.1 Å². The molecule has 0 bridgehead atoms. The third-order valence-electron chi connectivity index (χ3n) is 7.13. The molecule has 3 heterocycles. The number of nitrogens with zero attached hydrogens (tertiary/aromatic N) is 3. The van der Waals surface area contributed by atoms with Crippen LogP contribution in [-0.2, 0) is 4.79 Å². The molecule has 2 aromatic carbocycles. The summed E-state index contributed by atoms with van der Waals surface area (Å²) in [4.78, 5) is 45.8. The Balaban J connectivity index is 1.62. The lowest BCUT2D eigenvalue weighted by Crippen LogP contribution is -2.43. The zero-order chi connectivity index (χ0) is 29.4. The number of likely N-dealkylation sites (N-methyl/N-ethyl adjacent to an activating group) is 1. The number of amides is 1. The molecule has 0 fully saturated rings. The molecular weight excluding hydrogens is 562 g/mol. The van der Waals surface area contributed by atoms with E-state index < -0.39 is 12.0 Å². The monoisotopic (exact) mass is 589 g/mol. The molecule has 2 aromatic heterocycles. The van der Waals surface area contributed by atoms with Gasteiger partial charge in [-0.1, -0.05) is 41.1 Å². The Bertz CT molecular complexity index is 1880. The SMILES string of the molecule is CCN(CC)C(=O)C1=C(C)N=c2s/c(=C/c3ccc(-c4ccc(C(=O)O)cc4C)o3)c(=O)n2[C@@H]1c1ccc(Cl)cc1. The van der Waals surface area contributed by atoms with Crippen LogP contribution in [0.15, 0.2) is 80.1 Å². The molecule has 0 aliphatic carbocycles. The number of aryl methyl sites for hydroxylation is 1. The molecule has 210 valence electrons. The number of carbonyl (C=O) groups is 2. The molecule has 41 heavy (non-hydrogen) atoms. The molecule has 0 radical (unpaired) electrons. The molecule has 5 rings (SSSR count). The molecule has 1 aliphatic rings. The maximum atomic E-state index is 13.9. The zero-order valence-electron chi connectivity index (χ0n) is 23.0. The number of hydrogen-bond acceptors (Lipinski definition) is 6. The summed E-state index contributed by atoms with van der Waals surface area (Å²) in [6, 6.07) is 14.9. The van der Waals surface area contributed by atoms with E-state index in [-0.39, 0.29) is 17.0 Å². The Morgan fingerprint density at radius 3 is 2.44 bits per heavy atom. The number of allylic oxidation sites excluding steroid dienone is 1. The first-order valence-electron chi connectivity index (χ1n) is 13.1. The summed E-state index contributed by atoms with van der Waals surface area (Å²) in [6.07, 6.45) is 1.67. The minimum absolute atomic E-state index is 0.162. The van der Waals surface area contributed by atoms with Crippen molar-refractivity contribution in [3.05, 3.63) is 113 Å². The van der Waals surface area contributed by atoms with Gasteiger partial charge >= 0.3 is 5.97 Å². The second-order valence-corrected chi connectivity index (χ2v) is 11.1. The number of aromatic carboxylic acids is 1. The second kappa shape index (κ2) is 11.3. The van der Waals surface area contributed by atoms with Gasteiger partial charge in [0.1, 0.15) is 11.5 Å². The summed E-state index contributed by atoms with van der Waals surface area (Å²) in [7, 11) is 0. The van der Waals surface area contributed by atoms with Crippen LogP contribution in [0.2, 0.25) is 5.02 Å². The first kappa shape index (κ1) is 28.3. The van der Waals surface area contributed by atoms with Crippen molar-refractivity contribution in [3.8, 4) is 11.3 Å². The molecule has 10 heteroatoms. The number of hydrogen-bond donors (Lipinski definition) is 1. The predicted molar refractivity (Wildman–Crippen MR) is 159 cm³/mol. The second-order valence-electron chi connectivity index (χ2n) is 9.65. The highest BCUT2D eigenvalue weighted by Gasteiger charge is 2.34. The van der Waals surface area contributed by atoms with Crippen molar-refractivity contribution in [1.82, 2.24) is 9.47 Å². The standard InChI is InChI=1S/C31H28ClN3O5S/c1-5-34(6-2)29(37)26-18(4)33-31-35(27(26)19-7-10-21(32)11-8-19)28(36)25(41-31)16-22-12-14-24(40-22)23-13-9-20(30(38)39)15-17(23)3/h7-16,27H,5-6H2,1-4H3,(H,38,39)/b25-16+/t27-/m1/s1. The molecule has 1 amide bonds. The minimum atomic E-state index is -0.996. The summed E-state index contributed by atoms with van der Waals surface area (Å²) < 4.78 is 8.03. The van der Waals surface area contributed by atoms with Crippen LogP contribution in [0, 0.1) is 6.92 Å². The van der Waals surface area contributed by atoms with Crippen molar-refractivity contribution in [1.29, 1.82) is 0 Å². The number of carboxylic acids is 1. The number of aromatic nitrogens is 1. The van der Waals surface area contributed by atoms with Gasteiger partial charge in [-0.2, -0.15) is 0 Å². The lowest BCUT2D eigenvalue weighted by molar-refractivity contribution is -0.127. The van der Waals surface area contributed by atoms with Crippen LogP contribution >= 0.6 is 22.9 Å². The fourth-order valence-corrected chi connectivity index (χ4v) is 6.17. The fraction of sp³-hybridized carbons (Fsp3) is 0.226. The van der Waals surface area contributed by atoms with Crippen molar-refractivity contribution in [2.45, 2.75) is 33.7 Å². The number of halogens is 1. The topological polar surface area (TPSA) is 105 Å². The number of rotatable bonds is 7. The summed E-state index contributed by atoms with van der Waals surface area (Å²) >= 11 is 7.39.